The summed E-state index contributed by atoms with van der Waals surface area (Å²) in [5, 5.41) is 0.315. The Morgan fingerprint density at radius 2 is 1.90 bits per heavy atom. The Morgan fingerprint density at radius 3 is 2.52 bits per heavy atom. The molecule has 0 bridgehead atoms. The molecule has 11 heteroatoms. The number of hydrogen-bond donors (Lipinski definition) is 0. The van der Waals surface area contributed by atoms with Crippen LogP contribution in [0.1, 0.15) is 64.7 Å². The fraction of sp³-hybridized carbons (Fsp3) is 0.484. The van der Waals surface area contributed by atoms with Gasteiger partial charge in [-0.3, -0.25) is 9.36 Å². The van der Waals surface area contributed by atoms with Crippen LogP contribution in [0.15, 0.2) is 56.8 Å². The van der Waals surface area contributed by atoms with Crippen LogP contribution in [-0.2, 0) is 31.1 Å². The summed E-state index contributed by atoms with van der Waals surface area (Å²) in [4.78, 5) is 47.3. The molecule has 2 unspecified atom stereocenters. The van der Waals surface area contributed by atoms with Crippen molar-refractivity contribution < 1.29 is 23.4 Å². The Hall–Kier alpha value is -3.54. The number of aryl methyl sites for hydroxylation is 1. The molecule has 0 aliphatic carbocycles. The van der Waals surface area contributed by atoms with E-state index in [9.17, 15) is 14.4 Å². The maximum absolute atomic E-state index is 14.4. The zero-order valence-electron chi connectivity index (χ0n) is 24.8. The highest BCUT2D eigenvalue weighted by molar-refractivity contribution is 7.22. The van der Waals surface area contributed by atoms with E-state index in [1.54, 1.807) is 27.7 Å². The maximum atomic E-state index is 14.4. The number of aromatic nitrogens is 3. The summed E-state index contributed by atoms with van der Waals surface area (Å²) in [5.41, 5.74) is -2.14. The SMILES string of the molecule is Cc1c(-c2ncco2)sc2c1c(=O)n(C(C)(C)C(=O)OC(C)(C)C)c(=O)n2CC(OCC1CCCO1)c1ccccc1. The molecule has 224 valence electrons. The summed E-state index contributed by atoms with van der Waals surface area (Å²) in [6.45, 7) is 11.2. The lowest BCUT2D eigenvalue weighted by Crippen LogP contribution is -2.54. The van der Waals surface area contributed by atoms with Crippen LogP contribution >= 0.6 is 11.3 Å². The van der Waals surface area contributed by atoms with E-state index in [2.05, 4.69) is 4.98 Å². The third-order valence-corrected chi connectivity index (χ3v) is 8.63. The highest BCUT2D eigenvalue weighted by atomic mass is 32.1. The van der Waals surface area contributed by atoms with E-state index in [4.69, 9.17) is 18.6 Å². The lowest BCUT2D eigenvalue weighted by Gasteiger charge is -2.30. The minimum Gasteiger partial charge on any atom is -0.458 e. The van der Waals surface area contributed by atoms with Gasteiger partial charge in [-0.1, -0.05) is 30.3 Å². The van der Waals surface area contributed by atoms with E-state index in [0.29, 0.717) is 39.8 Å². The molecular weight excluding hydrogens is 558 g/mol. The number of nitrogens with zero attached hydrogens (tertiary/aromatic N) is 3. The maximum Gasteiger partial charge on any atom is 0.333 e. The predicted octanol–water partition coefficient (Wildman–Crippen LogP) is 5.20. The molecule has 5 rings (SSSR count). The van der Waals surface area contributed by atoms with Gasteiger partial charge in [0.15, 0.2) is 0 Å². The molecule has 0 radical (unpaired) electrons. The first-order valence-corrected chi connectivity index (χ1v) is 14.9. The van der Waals surface area contributed by atoms with Crippen molar-refractivity contribution >= 4 is 27.5 Å². The zero-order valence-corrected chi connectivity index (χ0v) is 25.7. The molecule has 4 heterocycles. The number of thiophene rings is 1. The summed E-state index contributed by atoms with van der Waals surface area (Å²) < 4.78 is 25.9. The highest BCUT2D eigenvalue weighted by Crippen LogP contribution is 2.36. The molecule has 1 aliphatic rings. The van der Waals surface area contributed by atoms with Crippen LogP contribution in [-0.4, -0.2) is 45.0 Å². The number of oxazole rings is 1. The van der Waals surface area contributed by atoms with Crippen molar-refractivity contribution in [3.63, 3.8) is 0 Å². The first kappa shape index (κ1) is 29.9. The summed E-state index contributed by atoms with van der Waals surface area (Å²) in [6, 6.07) is 9.64. The molecular formula is C31H37N3O7S. The van der Waals surface area contributed by atoms with Gasteiger partial charge >= 0.3 is 11.7 Å². The predicted molar refractivity (Wildman–Crippen MR) is 160 cm³/mol. The van der Waals surface area contributed by atoms with Crippen LogP contribution in [0.25, 0.3) is 21.0 Å². The van der Waals surface area contributed by atoms with Gasteiger partial charge in [-0.2, -0.15) is 0 Å². The van der Waals surface area contributed by atoms with Gasteiger partial charge in [0.25, 0.3) is 5.56 Å². The van der Waals surface area contributed by atoms with Crippen LogP contribution in [0.5, 0.6) is 0 Å². The van der Waals surface area contributed by atoms with E-state index in [-0.39, 0.29) is 12.6 Å². The smallest absolute Gasteiger partial charge is 0.333 e. The van der Waals surface area contributed by atoms with Crippen molar-refractivity contribution in [2.24, 2.45) is 0 Å². The van der Waals surface area contributed by atoms with E-state index in [1.807, 2.05) is 30.3 Å². The van der Waals surface area contributed by atoms with Crippen LogP contribution in [0, 0.1) is 6.92 Å². The summed E-state index contributed by atoms with van der Waals surface area (Å²) in [6.07, 6.45) is 4.33. The second kappa shape index (κ2) is 11.6. The number of rotatable bonds is 9. The molecule has 4 aromatic rings. The summed E-state index contributed by atoms with van der Waals surface area (Å²) >= 11 is 1.25. The number of fused-ring (bicyclic) bond motifs is 1. The minimum absolute atomic E-state index is 0.0198. The van der Waals surface area contributed by atoms with Crippen molar-refractivity contribution in [2.75, 3.05) is 13.2 Å². The Labute approximate surface area is 247 Å². The molecule has 1 aromatic carbocycles. The third kappa shape index (κ3) is 5.86. The van der Waals surface area contributed by atoms with Crippen LogP contribution in [0.3, 0.4) is 0 Å². The zero-order chi connectivity index (χ0) is 30.2. The Bertz CT molecular complexity index is 1670. The van der Waals surface area contributed by atoms with Crippen molar-refractivity contribution in [3.05, 3.63) is 74.8 Å². The number of esters is 1. The van der Waals surface area contributed by atoms with E-state index < -0.39 is 34.5 Å². The molecule has 1 saturated heterocycles. The molecule has 2 atom stereocenters. The number of hydrogen-bond acceptors (Lipinski definition) is 9. The van der Waals surface area contributed by atoms with Crippen molar-refractivity contribution in [3.8, 4) is 10.8 Å². The van der Waals surface area contributed by atoms with Crippen LogP contribution in [0.2, 0.25) is 0 Å². The Kier molecular flexibility index (Phi) is 8.28. The topological polar surface area (TPSA) is 115 Å². The van der Waals surface area contributed by atoms with E-state index in [1.165, 1.54) is 42.2 Å². The molecule has 1 aliphatic heterocycles. The number of ether oxygens (including phenoxy) is 3. The van der Waals surface area contributed by atoms with Crippen molar-refractivity contribution in [1.29, 1.82) is 0 Å². The molecule has 0 amide bonds. The van der Waals surface area contributed by atoms with Crippen molar-refractivity contribution in [1.82, 2.24) is 14.1 Å². The lowest BCUT2D eigenvalue weighted by molar-refractivity contribution is -0.164. The lowest BCUT2D eigenvalue weighted by atomic mass is 10.0. The van der Waals surface area contributed by atoms with Gasteiger partial charge in [-0.05, 0) is 65.5 Å². The second-order valence-electron chi connectivity index (χ2n) is 12.0. The minimum atomic E-state index is -1.60. The highest BCUT2D eigenvalue weighted by Gasteiger charge is 2.39. The van der Waals surface area contributed by atoms with Crippen LogP contribution < -0.4 is 11.2 Å². The quantitative estimate of drug-likeness (QED) is 0.243. The van der Waals surface area contributed by atoms with Gasteiger partial charge < -0.3 is 18.6 Å². The first-order chi connectivity index (χ1) is 19.9. The molecule has 10 nitrogen and oxygen atoms in total. The fourth-order valence-corrected chi connectivity index (χ4v) is 6.36. The van der Waals surface area contributed by atoms with Gasteiger partial charge in [0.1, 0.15) is 28.3 Å². The van der Waals surface area contributed by atoms with Gasteiger partial charge in [-0.25, -0.2) is 19.1 Å². The standard InChI is InChI=1S/C31H37N3O7S/c1-19-23-26(35)34(31(5,6)28(36)41-30(2,3)4)29(37)33(27(23)42-24(19)25-32-14-16-39-25)17-22(20-11-8-7-9-12-20)40-18-21-13-10-15-38-21/h7-9,11-12,14,16,21-22H,10,13,15,17-18H2,1-6H3. The number of carbonyl (C=O) groups excluding carboxylic acids is 1. The molecule has 1 fully saturated rings. The van der Waals surface area contributed by atoms with Crippen molar-refractivity contribution in [2.45, 2.75) is 84.3 Å². The van der Waals surface area contributed by atoms with Gasteiger partial charge in [0.05, 0.1) is 35.7 Å². The number of benzene rings is 1. The van der Waals surface area contributed by atoms with E-state index in [0.717, 1.165) is 23.0 Å². The van der Waals surface area contributed by atoms with Gasteiger partial charge in [0.2, 0.25) is 5.89 Å². The summed E-state index contributed by atoms with van der Waals surface area (Å²) in [5.74, 6) is -0.338. The second-order valence-corrected chi connectivity index (χ2v) is 13.0. The monoisotopic (exact) mass is 595 g/mol. The first-order valence-electron chi connectivity index (χ1n) is 14.1. The molecule has 0 spiro atoms. The Morgan fingerprint density at radius 1 is 1.17 bits per heavy atom. The molecule has 0 N–H and O–H groups in total. The molecule has 42 heavy (non-hydrogen) atoms. The third-order valence-electron chi connectivity index (χ3n) is 7.32. The number of carbonyl (C=O) groups is 1. The van der Waals surface area contributed by atoms with Crippen LogP contribution in [0.4, 0.5) is 0 Å². The fourth-order valence-electron chi connectivity index (χ4n) is 5.12. The van der Waals surface area contributed by atoms with E-state index >= 15 is 0 Å². The average Bonchev–Trinajstić information content (AvgIpc) is 3.70. The molecule has 0 saturated carbocycles. The largest absolute Gasteiger partial charge is 0.458 e. The van der Waals surface area contributed by atoms with Gasteiger partial charge in [0, 0.05) is 6.61 Å². The normalized spacial score (nSPS) is 16.7. The summed E-state index contributed by atoms with van der Waals surface area (Å²) in [7, 11) is 0. The Balaban J connectivity index is 1.70. The average molecular weight is 596 g/mol. The van der Waals surface area contributed by atoms with Gasteiger partial charge in [-0.15, -0.1) is 11.3 Å². The molecule has 3 aromatic heterocycles.